The SMILES string of the molecule is CC(C)(C)c1ccc(=O)n(CCN2CCN(CCn3ccnn3)CC2)n1. The molecule has 0 atom stereocenters. The standard InChI is InChI=1S/C18H29N7O/c1-18(2,3)16-4-5-17(26)25(20-16)15-13-23-10-8-22(9-11-23)12-14-24-7-6-19-21-24/h4-7H,8-15H2,1-3H3. The Bertz CT molecular complexity index is 740. The van der Waals surface area contributed by atoms with Crippen LogP contribution in [0.25, 0.3) is 0 Å². The lowest BCUT2D eigenvalue weighted by molar-refractivity contribution is 0.123. The van der Waals surface area contributed by atoms with E-state index in [-0.39, 0.29) is 11.0 Å². The van der Waals surface area contributed by atoms with Gasteiger partial charge >= 0.3 is 0 Å². The zero-order valence-corrected chi connectivity index (χ0v) is 16.0. The lowest BCUT2D eigenvalue weighted by atomic mass is 9.92. The molecule has 26 heavy (non-hydrogen) atoms. The fraction of sp³-hybridized carbons (Fsp3) is 0.667. The fourth-order valence-corrected chi connectivity index (χ4v) is 3.08. The molecule has 0 amide bonds. The monoisotopic (exact) mass is 359 g/mol. The van der Waals surface area contributed by atoms with Crippen LogP contribution in [0.4, 0.5) is 0 Å². The van der Waals surface area contributed by atoms with E-state index >= 15 is 0 Å². The topological polar surface area (TPSA) is 72.1 Å². The molecule has 0 spiro atoms. The molecular weight excluding hydrogens is 330 g/mol. The first kappa shape index (κ1) is 18.7. The maximum absolute atomic E-state index is 12.1. The summed E-state index contributed by atoms with van der Waals surface area (Å²) in [6.45, 7) is 13.8. The molecule has 0 unspecified atom stereocenters. The first-order valence-electron chi connectivity index (χ1n) is 9.29. The molecule has 1 aliphatic rings. The van der Waals surface area contributed by atoms with Crippen molar-refractivity contribution < 1.29 is 0 Å². The van der Waals surface area contributed by atoms with Crippen molar-refractivity contribution in [2.45, 2.75) is 39.3 Å². The first-order chi connectivity index (χ1) is 12.4. The average molecular weight is 359 g/mol. The van der Waals surface area contributed by atoms with E-state index in [0.29, 0.717) is 6.54 Å². The molecule has 8 nitrogen and oxygen atoms in total. The largest absolute Gasteiger partial charge is 0.299 e. The van der Waals surface area contributed by atoms with Crippen LogP contribution < -0.4 is 5.56 Å². The molecule has 3 rings (SSSR count). The van der Waals surface area contributed by atoms with Crippen LogP contribution in [0.5, 0.6) is 0 Å². The average Bonchev–Trinajstić information content (AvgIpc) is 3.13. The Morgan fingerprint density at radius 3 is 2.19 bits per heavy atom. The molecule has 2 aromatic rings. The maximum atomic E-state index is 12.1. The predicted octanol–water partition coefficient (Wildman–Crippen LogP) is 0.450. The van der Waals surface area contributed by atoms with Crippen LogP contribution in [0, 0.1) is 0 Å². The molecule has 0 radical (unpaired) electrons. The van der Waals surface area contributed by atoms with Gasteiger partial charge in [-0.1, -0.05) is 26.0 Å². The normalized spacial score (nSPS) is 16.9. The van der Waals surface area contributed by atoms with Crippen LogP contribution in [0.15, 0.2) is 29.3 Å². The molecular formula is C18H29N7O. The summed E-state index contributed by atoms with van der Waals surface area (Å²) in [6.07, 6.45) is 3.61. The second-order valence-corrected chi connectivity index (χ2v) is 7.88. The van der Waals surface area contributed by atoms with Crippen molar-refractivity contribution in [3.63, 3.8) is 0 Å². The maximum Gasteiger partial charge on any atom is 0.266 e. The molecule has 3 heterocycles. The second-order valence-electron chi connectivity index (χ2n) is 7.88. The number of piperazine rings is 1. The van der Waals surface area contributed by atoms with Crippen molar-refractivity contribution in [1.82, 2.24) is 34.6 Å². The van der Waals surface area contributed by atoms with Gasteiger partial charge in [0.15, 0.2) is 0 Å². The summed E-state index contributed by atoms with van der Waals surface area (Å²) in [5, 5.41) is 12.4. The Kier molecular flexibility index (Phi) is 5.83. The smallest absolute Gasteiger partial charge is 0.266 e. The Hall–Kier alpha value is -2.06. The van der Waals surface area contributed by atoms with Gasteiger partial charge in [0, 0.05) is 56.9 Å². The zero-order chi connectivity index (χ0) is 18.6. The van der Waals surface area contributed by atoms with E-state index < -0.39 is 0 Å². The highest BCUT2D eigenvalue weighted by molar-refractivity contribution is 5.10. The molecule has 2 aromatic heterocycles. The number of hydrogen-bond donors (Lipinski definition) is 0. The molecule has 0 aromatic carbocycles. The van der Waals surface area contributed by atoms with E-state index in [1.54, 1.807) is 16.9 Å². The highest BCUT2D eigenvalue weighted by atomic mass is 16.1. The van der Waals surface area contributed by atoms with Gasteiger partial charge in [-0.05, 0) is 6.07 Å². The van der Waals surface area contributed by atoms with E-state index in [2.05, 4.69) is 46.0 Å². The van der Waals surface area contributed by atoms with E-state index in [1.165, 1.54) is 0 Å². The van der Waals surface area contributed by atoms with Crippen LogP contribution in [-0.4, -0.2) is 73.8 Å². The van der Waals surface area contributed by atoms with Gasteiger partial charge < -0.3 is 0 Å². The Morgan fingerprint density at radius 1 is 0.962 bits per heavy atom. The zero-order valence-electron chi connectivity index (χ0n) is 16.0. The predicted molar refractivity (Wildman–Crippen MR) is 100 cm³/mol. The van der Waals surface area contributed by atoms with Gasteiger partial charge in [-0.25, -0.2) is 4.68 Å². The second kappa shape index (κ2) is 8.09. The van der Waals surface area contributed by atoms with Gasteiger partial charge in [-0.2, -0.15) is 5.10 Å². The van der Waals surface area contributed by atoms with Crippen LogP contribution in [0.2, 0.25) is 0 Å². The van der Waals surface area contributed by atoms with E-state index in [1.807, 2.05) is 16.9 Å². The molecule has 0 saturated carbocycles. The molecule has 0 N–H and O–H groups in total. The molecule has 0 aliphatic carbocycles. The third-order valence-electron chi connectivity index (χ3n) is 4.85. The van der Waals surface area contributed by atoms with Crippen LogP contribution in [-0.2, 0) is 18.5 Å². The Morgan fingerprint density at radius 2 is 1.62 bits per heavy atom. The van der Waals surface area contributed by atoms with Gasteiger partial charge in [-0.3, -0.25) is 19.3 Å². The van der Waals surface area contributed by atoms with Crippen molar-refractivity contribution in [1.29, 1.82) is 0 Å². The van der Waals surface area contributed by atoms with Crippen molar-refractivity contribution in [3.05, 3.63) is 40.6 Å². The molecule has 1 fully saturated rings. The van der Waals surface area contributed by atoms with Crippen molar-refractivity contribution in [2.75, 3.05) is 39.3 Å². The minimum atomic E-state index is -0.0504. The van der Waals surface area contributed by atoms with Crippen molar-refractivity contribution in [2.24, 2.45) is 0 Å². The minimum Gasteiger partial charge on any atom is -0.299 e. The van der Waals surface area contributed by atoms with Crippen LogP contribution >= 0.6 is 0 Å². The lowest BCUT2D eigenvalue weighted by Crippen LogP contribution is -2.48. The van der Waals surface area contributed by atoms with Crippen molar-refractivity contribution in [3.8, 4) is 0 Å². The first-order valence-corrected chi connectivity index (χ1v) is 9.29. The molecule has 0 bridgehead atoms. The highest BCUT2D eigenvalue weighted by Crippen LogP contribution is 2.18. The summed E-state index contributed by atoms with van der Waals surface area (Å²) in [5.41, 5.74) is 0.880. The number of nitrogens with zero attached hydrogens (tertiary/aromatic N) is 7. The van der Waals surface area contributed by atoms with Crippen molar-refractivity contribution >= 4 is 0 Å². The summed E-state index contributed by atoms with van der Waals surface area (Å²) < 4.78 is 3.48. The van der Waals surface area contributed by atoms with Gasteiger partial charge in [-0.15, -0.1) is 5.10 Å². The summed E-state index contributed by atoms with van der Waals surface area (Å²) in [4.78, 5) is 16.9. The lowest BCUT2D eigenvalue weighted by Gasteiger charge is -2.34. The van der Waals surface area contributed by atoms with Crippen LogP contribution in [0.3, 0.4) is 0 Å². The Labute approximate surface area is 154 Å². The van der Waals surface area contributed by atoms with Crippen LogP contribution in [0.1, 0.15) is 26.5 Å². The van der Waals surface area contributed by atoms with Gasteiger partial charge in [0.1, 0.15) is 0 Å². The molecule has 1 saturated heterocycles. The third-order valence-corrected chi connectivity index (χ3v) is 4.85. The number of hydrogen-bond acceptors (Lipinski definition) is 6. The quantitative estimate of drug-likeness (QED) is 0.746. The molecule has 8 heteroatoms. The van der Waals surface area contributed by atoms with E-state index in [4.69, 9.17) is 0 Å². The third kappa shape index (κ3) is 4.98. The number of aromatic nitrogens is 5. The van der Waals surface area contributed by atoms with Gasteiger partial charge in [0.05, 0.1) is 25.0 Å². The van der Waals surface area contributed by atoms with Gasteiger partial charge in [0.2, 0.25) is 0 Å². The summed E-state index contributed by atoms with van der Waals surface area (Å²) in [5.74, 6) is 0. The Balaban J connectivity index is 1.46. The summed E-state index contributed by atoms with van der Waals surface area (Å²) in [7, 11) is 0. The summed E-state index contributed by atoms with van der Waals surface area (Å²) >= 11 is 0. The highest BCUT2D eigenvalue weighted by Gasteiger charge is 2.19. The molecule has 142 valence electrons. The fourth-order valence-electron chi connectivity index (χ4n) is 3.08. The number of rotatable bonds is 6. The molecule has 1 aliphatic heterocycles. The van der Waals surface area contributed by atoms with E-state index in [0.717, 1.165) is 51.5 Å². The van der Waals surface area contributed by atoms with E-state index in [9.17, 15) is 4.79 Å². The summed E-state index contributed by atoms with van der Waals surface area (Å²) in [6, 6.07) is 3.47. The minimum absolute atomic E-state index is 0.0236. The van der Waals surface area contributed by atoms with Gasteiger partial charge in [0.25, 0.3) is 5.56 Å².